The molecule has 8 atom stereocenters. The lowest BCUT2D eigenvalue weighted by Gasteiger charge is -2.31. The van der Waals surface area contributed by atoms with E-state index in [9.17, 15) is 88.0 Å². The number of thiazole rings is 4. The third-order valence-electron chi connectivity index (χ3n) is 21.3. The van der Waals surface area contributed by atoms with Gasteiger partial charge in [-0.25, -0.2) is 122 Å². The lowest BCUT2D eigenvalue weighted by Crippen LogP contribution is -2.46. The molecule has 4 aromatic heterocycles. The number of carbonyl (C=O) groups excluding carboxylic acids is 4. The molecule has 4 saturated heterocycles. The topological polar surface area (TPSA) is 395 Å². The molecule has 32 nitrogen and oxygen atoms in total. The molecule has 16 rings (SSSR count). The number of carbonyl (C=O) groups is 4. The predicted octanol–water partition coefficient (Wildman–Crippen LogP) is 10.7. The van der Waals surface area contributed by atoms with Gasteiger partial charge in [0.1, 0.15) is 35.8 Å². The van der Waals surface area contributed by atoms with Gasteiger partial charge in [0.2, 0.25) is 40.1 Å². The summed E-state index contributed by atoms with van der Waals surface area (Å²) in [7, 11) is -7.97. The Bertz CT molecular complexity index is 6380. The molecule has 8 aliphatic rings. The van der Waals surface area contributed by atoms with Crippen molar-refractivity contribution in [2.75, 3.05) is 80.4 Å². The Hall–Kier alpha value is -10.2. The number of methoxy groups -OCH3 is 4. The highest BCUT2D eigenvalue weighted by atomic mass is 35.5. The fourth-order valence-electron chi connectivity index (χ4n) is 15.5. The van der Waals surface area contributed by atoms with Crippen molar-refractivity contribution in [3.8, 4) is 0 Å². The zero-order valence-electron chi connectivity index (χ0n) is 70.1. The number of aliphatic imine (C=N–C) groups is 4. The second-order valence-electron chi connectivity index (χ2n) is 30.8. The van der Waals surface area contributed by atoms with Gasteiger partial charge in [0, 0.05) is 184 Å². The van der Waals surface area contributed by atoms with E-state index in [2.05, 4.69) is 44.1 Å². The van der Waals surface area contributed by atoms with Crippen LogP contribution in [0.25, 0.3) is 0 Å². The number of halogens is 10. The summed E-state index contributed by atoms with van der Waals surface area (Å²) in [6.45, 7) is 5.67. The van der Waals surface area contributed by atoms with Gasteiger partial charge in [0.15, 0.2) is 78.3 Å². The summed E-state index contributed by atoms with van der Waals surface area (Å²) in [4.78, 5) is 93.9. The van der Waals surface area contributed by atoms with E-state index in [0.29, 0.717) is 72.2 Å². The number of hydrogen-bond acceptors (Lipinski definition) is 32. The predicted molar refractivity (Wildman–Crippen MR) is 468 cm³/mol. The molecule has 4 fully saturated rings. The van der Waals surface area contributed by atoms with Crippen LogP contribution >= 0.6 is 68.5 Å². The van der Waals surface area contributed by atoms with Crippen LogP contribution in [0, 0.1) is 46.5 Å². The van der Waals surface area contributed by atoms with Crippen LogP contribution in [0.4, 0.5) is 35.1 Å². The average Bonchev–Trinajstić information content (AvgIpc) is 1.71. The molecule has 0 radical (unpaired) electrons. The van der Waals surface area contributed by atoms with Gasteiger partial charge in [-0.05, 0) is 57.2 Å². The van der Waals surface area contributed by atoms with Gasteiger partial charge >= 0.3 is 23.9 Å². The molecule has 0 saturated carbocycles. The summed E-state index contributed by atoms with van der Waals surface area (Å²) >= 11 is 17.9. The standard InChI is InChI=1S/C22H24ClFN4O4S2.C20H20ClFN4O4S2.2C19H17F3N4O4S2/c1-22(2,3)34(30,31)27-13-10-16-17(21(29)32-4)18(14-6-5-12(24)9-15(14)23)26-19(28(16)11-13)20-25-7-8-33-20;1-25(32(3,28)29)12-9-15-16(20(27)30-2)17(13-5-4-11(22)8-14(13)21)24-18(26(15)10-12)19-23-6-7-31-19;2*1-30-19(27)13-12-7-9(25-32(2,28)29)8-26(12)17(18-23-5-6-31-18)24-16(13)10-3-4-11(20)15(22)14(10)21/h5-9,13,18,27H,10-11H2,1-4H3;4-8,12,17H,9-10H2,1-3H3;2*3-6,9,16,25H,7-8H2,1-2H3/t13-,18-;12-,17?;9-,16+;9-,16-/m0000/s1. The van der Waals surface area contributed by atoms with Crippen molar-refractivity contribution >= 4 is 156 Å². The Morgan fingerprint density at radius 1 is 0.423 bits per heavy atom. The highest BCUT2D eigenvalue weighted by Gasteiger charge is 2.50. The largest absolute Gasteiger partial charge is 0.466 e. The minimum absolute atomic E-state index is 0.0731. The summed E-state index contributed by atoms with van der Waals surface area (Å²) in [6, 6.07) is 4.75. The normalized spacial score (nSPS) is 20.9. The first-order valence-corrected chi connectivity index (χ1v) is 50.0. The Morgan fingerprint density at radius 3 is 0.977 bits per heavy atom. The molecule has 0 bridgehead atoms. The maximum Gasteiger partial charge on any atom is 0.338 e. The zero-order chi connectivity index (χ0) is 94.5. The van der Waals surface area contributed by atoms with Gasteiger partial charge in [-0.2, -0.15) is 4.31 Å². The highest BCUT2D eigenvalue weighted by molar-refractivity contribution is 7.91. The molecule has 130 heavy (non-hydrogen) atoms. The number of nitrogens with zero attached hydrogens (tertiary/aromatic N) is 13. The van der Waals surface area contributed by atoms with Crippen LogP contribution in [-0.2, 0) is 78.2 Å². The molecule has 692 valence electrons. The maximum absolute atomic E-state index is 14.7. The number of benzene rings is 4. The zero-order valence-corrected chi connectivity index (χ0v) is 78.1. The molecule has 8 aliphatic heterocycles. The van der Waals surface area contributed by atoms with E-state index in [1.54, 1.807) is 69.4 Å². The van der Waals surface area contributed by atoms with Gasteiger partial charge in [-0.1, -0.05) is 47.5 Å². The first kappa shape index (κ1) is 97.3. The number of nitrogens with one attached hydrogen (secondary N) is 3. The number of esters is 4. The summed E-state index contributed by atoms with van der Waals surface area (Å²) < 4.78 is 237. The van der Waals surface area contributed by atoms with Crippen molar-refractivity contribution in [2.24, 2.45) is 20.0 Å². The van der Waals surface area contributed by atoms with E-state index in [-0.39, 0.29) is 100 Å². The first-order chi connectivity index (χ1) is 61.2. The molecule has 0 aliphatic carbocycles. The summed E-state index contributed by atoms with van der Waals surface area (Å²) in [6.07, 6.45) is 10.1. The van der Waals surface area contributed by atoms with Crippen LogP contribution in [0.2, 0.25) is 10.0 Å². The molecule has 3 N–H and O–H groups in total. The van der Waals surface area contributed by atoms with Gasteiger partial charge in [0.05, 0.1) is 74.2 Å². The third-order valence-corrected chi connectivity index (χ3v) is 30.1. The Morgan fingerprint density at radius 2 is 0.708 bits per heavy atom. The third kappa shape index (κ3) is 20.5. The number of rotatable bonds is 20. The van der Waals surface area contributed by atoms with Crippen molar-refractivity contribution in [3.05, 3.63) is 251 Å². The average molecular weight is 2000 g/mol. The van der Waals surface area contributed by atoms with Crippen LogP contribution in [0.1, 0.15) is 113 Å². The van der Waals surface area contributed by atoms with Crippen LogP contribution < -0.4 is 14.2 Å². The smallest absolute Gasteiger partial charge is 0.338 e. The Kier molecular flexibility index (Phi) is 29.1. The SMILES string of the molecule is COC(=O)C1=C2C[C@H](N(C)S(C)(=O)=O)CN2C(c2nccs2)=NC1c1ccc(F)cc1Cl.COC(=O)C1=C2C[C@H](NS(=O)(=O)C(C)(C)C)CN2C(c2nccs2)=N[C@H]1c1ccc(F)cc1Cl.COC(=O)C1=C2C[C@H](NS(C)(=O)=O)CN2C(c2nccs2)=N[C@@H]1c1ccc(F)c(F)c1F.COC(=O)C1=C2C[C@H](NS(C)(=O)=O)CN2C(c2nccs2)=N[C@H]1c1ccc(F)c(F)c1F. The van der Waals surface area contributed by atoms with Crippen LogP contribution in [0.3, 0.4) is 0 Å². The minimum Gasteiger partial charge on any atom is -0.466 e. The molecule has 12 heterocycles. The minimum atomic E-state index is -3.65. The number of aromatic nitrogens is 4. The van der Waals surface area contributed by atoms with Gasteiger partial charge < -0.3 is 38.5 Å². The van der Waals surface area contributed by atoms with E-state index in [1.807, 2.05) is 4.90 Å². The maximum atomic E-state index is 14.7. The lowest BCUT2D eigenvalue weighted by molar-refractivity contribution is -0.137. The van der Waals surface area contributed by atoms with E-state index in [1.165, 1.54) is 108 Å². The number of likely N-dealkylation sites (N-methyl/N-ethyl adjacent to an activating group) is 1. The van der Waals surface area contributed by atoms with E-state index >= 15 is 0 Å². The first-order valence-electron chi connectivity index (χ1n) is 38.6. The van der Waals surface area contributed by atoms with Gasteiger partial charge in [0.25, 0.3) is 0 Å². The second-order valence-corrected chi connectivity index (χ2v) is 43.3. The van der Waals surface area contributed by atoms with Crippen LogP contribution in [0.5, 0.6) is 0 Å². The summed E-state index contributed by atoms with van der Waals surface area (Å²) in [5.74, 6) is -11.5. The van der Waals surface area contributed by atoms with Crippen molar-refractivity contribution < 1.29 is 107 Å². The lowest BCUT2D eigenvalue weighted by atomic mass is 9.94. The van der Waals surface area contributed by atoms with Gasteiger partial charge in [-0.3, -0.25) is 20.0 Å². The van der Waals surface area contributed by atoms with Crippen molar-refractivity contribution in [1.82, 2.24) is 58.0 Å². The van der Waals surface area contributed by atoms with Crippen molar-refractivity contribution in [1.29, 1.82) is 0 Å². The molecular formula is C80H78Cl2F8N16O16S8. The fourth-order valence-corrected chi connectivity index (χ4v) is 21.7. The summed E-state index contributed by atoms with van der Waals surface area (Å²) in [5, 5.41) is 9.28. The van der Waals surface area contributed by atoms with E-state index in [0.717, 1.165) is 69.4 Å². The number of amidine groups is 4. The Labute approximate surface area is 766 Å². The van der Waals surface area contributed by atoms with Crippen LogP contribution in [-0.4, -0.2) is 234 Å². The quantitative estimate of drug-likeness (QED) is 0.0276. The second kappa shape index (κ2) is 38.9. The van der Waals surface area contributed by atoms with Crippen LogP contribution in [0.15, 0.2) is 172 Å². The van der Waals surface area contributed by atoms with E-state index in [4.69, 9.17) is 52.1 Å². The fraction of sp³-hybridized carbons (Fsp3) is 0.350. The van der Waals surface area contributed by atoms with Crippen molar-refractivity contribution in [3.63, 3.8) is 0 Å². The summed E-state index contributed by atoms with van der Waals surface area (Å²) in [5.41, 5.74) is 2.29. The number of ether oxygens (including phenoxy) is 4. The molecule has 1 unspecified atom stereocenters. The van der Waals surface area contributed by atoms with Gasteiger partial charge in [-0.15, -0.1) is 45.3 Å². The van der Waals surface area contributed by atoms with Crippen molar-refractivity contribution in [2.45, 2.75) is 99.5 Å². The molecule has 8 aromatic rings. The Balaban J connectivity index is 0.000000148. The molecule has 50 heteroatoms. The van der Waals surface area contributed by atoms with E-state index < -0.39 is 164 Å². The number of sulfonamides is 4. The monoisotopic (exact) mass is 2000 g/mol. The number of fused-ring (bicyclic) bond motifs is 4. The number of hydrogen-bond donors (Lipinski definition) is 3. The molecular weight excluding hydrogens is 1920 g/mol. The molecule has 0 amide bonds. The molecule has 4 aromatic carbocycles. The molecule has 0 spiro atoms. The highest BCUT2D eigenvalue weighted by Crippen LogP contribution is 2.49.